The maximum Gasteiger partial charge on any atom is 0.337 e. The first-order valence-electron chi connectivity index (χ1n) is 10.9. The minimum Gasteiger partial charge on any atom is -0.497 e. The zero-order valence-electron chi connectivity index (χ0n) is 19.9. The van der Waals surface area contributed by atoms with Crippen molar-refractivity contribution in [1.29, 1.82) is 0 Å². The molecular weight excluding hydrogens is 464 g/mol. The number of esters is 1. The first-order valence-corrected chi connectivity index (χ1v) is 10.9. The Balaban J connectivity index is 1.73. The lowest BCUT2D eigenvalue weighted by Crippen LogP contribution is -2.19. The van der Waals surface area contributed by atoms with Crippen LogP contribution in [-0.2, 0) is 4.74 Å². The van der Waals surface area contributed by atoms with Crippen LogP contribution in [0, 0.1) is 11.8 Å². The molecule has 0 fully saturated rings. The minimum absolute atomic E-state index is 0.0738. The van der Waals surface area contributed by atoms with Crippen molar-refractivity contribution in [2.24, 2.45) is 0 Å². The van der Waals surface area contributed by atoms with Crippen molar-refractivity contribution in [3.05, 3.63) is 82.4 Å². The molecule has 0 atom stereocenters. The van der Waals surface area contributed by atoms with Crippen LogP contribution in [-0.4, -0.2) is 52.1 Å². The van der Waals surface area contributed by atoms with Gasteiger partial charge < -0.3 is 23.7 Å². The highest BCUT2D eigenvalue weighted by molar-refractivity contribution is 6.49. The van der Waals surface area contributed by atoms with E-state index in [0.29, 0.717) is 52.9 Å². The predicted octanol–water partition coefficient (Wildman–Crippen LogP) is 3.73. The molecule has 0 unspecified atom stereocenters. The summed E-state index contributed by atoms with van der Waals surface area (Å²) in [5, 5.41) is 0. The zero-order chi connectivity index (χ0) is 25.7. The number of carbonyl (C=O) groups excluding carboxylic acids is 3. The largest absolute Gasteiger partial charge is 0.497 e. The highest BCUT2D eigenvalue weighted by Crippen LogP contribution is 2.34. The van der Waals surface area contributed by atoms with Gasteiger partial charge in [-0.2, -0.15) is 0 Å². The minimum atomic E-state index is -0.771. The van der Waals surface area contributed by atoms with E-state index < -0.39 is 17.5 Å². The lowest BCUT2D eigenvalue weighted by Gasteiger charge is -2.19. The summed E-state index contributed by atoms with van der Waals surface area (Å²) in [5.41, 5.74) is 1.47. The number of Topliss-reactive ketones (excluding diaryl/α,β-unsaturated/α-hetero) is 2. The molecule has 3 aromatic carbocycles. The molecule has 0 spiro atoms. The summed E-state index contributed by atoms with van der Waals surface area (Å²) in [6.45, 7) is 0.671. The van der Waals surface area contributed by atoms with Crippen LogP contribution in [0.15, 0.2) is 54.6 Å². The van der Waals surface area contributed by atoms with Crippen molar-refractivity contribution in [2.45, 2.75) is 0 Å². The van der Waals surface area contributed by atoms with Gasteiger partial charge in [0.25, 0.3) is 0 Å². The fourth-order valence-electron chi connectivity index (χ4n) is 3.52. The van der Waals surface area contributed by atoms with Crippen LogP contribution in [0.25, 0.3) is 0 Å². The summed E-state index contributed by atoms with van der Waals surface area (Å²) in [5.74, 6) is 5.47. The van der Waals surface area contributed by atoms with Crippen LogP contribution in [0.1, 0.15) is 42.2 Å². The van der Waals surface area contributed by atoms with Crippen molar-refractivity contribution in [3.63, 3.8) is 0 Å². The number of carbonyl (C=O) groups is 3. The Labute approximate surface area is 207 Å². The van der Waals surface area contributed by atoms with E-state index in [-0.39, 0.29) is 11.1 Å². The average molecular weight is 486 g/mol. The Morgan fingerprint density at radius 1 is 0.722 bits per heavy atom. The SMILES string of the molecule is COC(=O)c1ccc(C#Cc2cc3c(cc2C(=O)C(=O)c2cc(OC)cc(OC)c2)OCCO3)cc1. The van der Waals surface area contributed by atoms with Crippen molar-refractivity contribution < 1.29 is 38.1 Å². The third kappa shape index (κ3) is 5.15. The molecule has 0 saturated heterocycles. The van der Waals surface area contributed by atoms with Crippen molar-refractivity contribution in [3.8, 4) is 34.8 Å². The van der Waals surface area contributed by atoms with Crippen LogP contribution in [0.2, 0.25) is 0 Å². The van der Waals surface area contributed by atoms with Crippen LogP contribution in [0.5, 0.6) is 23.0 Å². The molecule has 0 radical (unpaired) electrons. The Morgan fingerprint density at radius 3 is 1.92 bits per heavy atom. The molecule has 0 amide bonds. The van der Waals surface area contributed by atoms with Crippen molar-refractivity contribution in [1.82, 2.24) is 0 Å². The number of fused-ring (bicyclic) bond motifs is 1. The van der Waals surface area contributed by atoms with E-state index in [0.717, 1.165) is 0 Å². The van der Waals surface area contributed by atoms with Gasteiger partial charge in [0.15, 0.2) is 11.5 Å². The summed E-state index contributed by atoms with van der Waals surface area (Å²) in [7, 11) is 4.22. The summed E-state index contributed by atoms with van der Waals surface area (Å²) < 4.78 is 26.4. The Hall–Kier alpha value is -4.77. The molecule has 0 saturated carbocycles. The van der Waals surface area contributed by atoms with E-state index in [1.165, 1.54) is 39.5 Å². The summed E-state index contributed by atoms with van der Waals surface area (Å²) in [6.07, 6.45) is 0. The standard InChI is InChI=1S/C28H22O8/c1-32-21-12-20(13-22(15-21)33-2)26(29)27(30)23-16-25-24(35-10-11-36-25)14-19(23)9-6-17-4-7-18(8-5-17)28(31)34-3/h4-5,7-8,12-16H,10-11H2,1-3H3. The monoisotopic (exact) mass is 486 g/mol. The van der Waals surface area contributed by atoms with Gasteiger partial charge in [-0.25, -0.2) is 4.79 Å². The molecule has 3 aromatic rings. The quantitative estimate of drug-likeness (QED) is 0.225. The van der Waals surface area contributed by atoms with E-state index in [2.05, 4.69) is 11.8 Å². The van der Waals surface area contributed by atoms with Gasteiger partial charge in [-0.3, -0.25) is 9.59 Å². The highest BCUT2D eigenvalue weighted by atomic mass is 16.6. The molecule has 36 heavy (non-hydrogen) atoms. The van der Waals surface area contributed by atoms with Crippen molar-refractivity contribution in [2.75, 3.05) is 34.5 Å². The number of ketones is 2. The normalized spacial score (nSPS) is 11.5. The van der Waals surface area contributed by atoms with E-state index in [4.69, 9.17) is 23.7 Å². The Kier molecular flexibility index (Phi) is 7.21. The Morgan fingerprint density at radius 2 is 1.33 bits per heavy atom. The fraction of sp³-hybridized carbons (Fsp3) is 0.179. The molecule has 8 heteroatoms. The molecular formula is C28H22O8. The molecule has 8 nitrogen and oxygen atoms in total. The number of benzene rings is 3. The number of methoxy groups -OCH3 is 3. The van der Waals surface area contributed by atoms with Crippen LogP contribution in [0.3, 0.4) is 0 Å². The second-order valence-electron chi connectivity index (χ2n) is 7.62. The molecule has 182 valence electrons. The number of hydrogen-bond acceptors (Lipinski definition) is 8. The van der Waals surface area contributed by atoms with Gasteiger partial charge in [0.05, 0.1) is 26.9 Å². The molecule has 4 rings (SSSR count). The molecule has 0 bridgehead atoms. The third-order valence-corrected chi connectivity index (χ3v) is 5.39. The van der Waals surface area contributed by atoms with Gasteiger partial charge in [-0.1, -0.05) is 11.8 Å². The van der Waals surface area contributed by atoms with Crippen LogP contribution in [0.4, 0.5) is 0 Å². The maximum absolute atomic E-state index is 13.4. The summed E-state index contributed by atoms with van der Waals surface area (Å²) in [4.78, 5) is 38.2. The molecule has 0 aliphatic carbocycles. The Bertz CT molecular complexity index is 1370. The second kappa shape index (κ2) is 10.7. The average Bonchev–Trinajstić information content (AvgIpc) is 2.94. The van der Waals surface area contributed by atoms with Gasteiger partial charge in [-0.05, 0) is 42.5 Å². The molecule has 1 aliphatic heterocycles. The fourth-order valence-corrected chi connectivity index (χ4v) is 3.52. The number of hydrogen-bond donors (Lipinski definition) is 0. The number of rotatable bonds is 6. The molecule has 1 heterocycles. The zero-order valence-corrected chi connectivity index (χ0v) is 19.9. The van der Waals surface area contributed by atoms with Crippen LogP contribution >= 0.6 is 0 Å². The van der Waals surface area contributed by atoms with Gasteiger partial charge in [-0.15, -0.1) is 0 Å². The highest BCUT2D eigenvalue weighted by Gasteiger charge is 2.25. The van der Waals surface area contributed by atoms with E-state index >= 15 is 0 Å². The van der Waals surface area contributed by atoms with E-state index in [9.17, 15) is 14.4 Å². The smallest absolute Gasteiger partial charge is 0.337 e. The maximum atomic E-state index is 13.4. The molecule has 0 N–H and O–H groups in total. The molecule has 1 aliphatic rings. The second-order valence-corrected chi connectivity index (χ2v) is 7.62. The molecule has 0 aromatic heterocycles. The predicted molar refractivity (Wildman–Crippen MR) is 129 cm³/mol. The third-order valence-electron chi connectivity index (χ3n) is 5.39. The van der Waals surface area contributed by atoms with Gasteiger partial charge in [0, 0.05) is 34.4 Å². The first kappa shape index (κ1) is 24.4. The number of ether oxygens (including phenoxy) is 5. The lowest BCUT2D eigenvalue weighted by atomic mass is 9.96. The lowest BCUT2D eigenvalue weighted by molar-refractivity contribution is 0.0600. The summed E-state index contributed by atoms with van der Waals surface area (Å²) in [6, 6.07) is 14.1. The van der Waals surface area contributed by atoms with E-state index in [1.54, 1.807) is 36.4 Å². The van der Waals surface area contributed by atoms with E-state index in [1.807, 2.05) is 0 Å². The van der Waals surface area contributed by atoms with Gasteiger partial charge >= 0.3 is 5.97 Å². The van der Waals surface area contributed by atoms with Gasteiger partial charge in [0.2, 0.25) is 11.6 Å². The van der Waals surface area contributed by atoms with Crippen molar-refractivity contribution >= 4 is 17.5 Å². The van der Waals surface area contributed by atoms with Crippen LogP contribution < -0.4 is 18.9 Å². The van der Waals surface area contributed by atoms with Gasteiger partial charge in [0.1, 0.15) is 24.7 Å². The topological polar surface area (TPSA) is 97.4 Å². The first-order chi connectivity index (χ1) is 17.4. The summed E-state index contributed by atoms with van der Waals surface area (Å²) >= 11 is 0.